The van der Waals surface area contributed by atoms with E-state index in [1.165, 1.54) is 19.3 Å². The van der Waals surface area contributed by atoms with Crippen molar-refractivity contribution >= 4 is 5.91 Å². The Labute approximate surface area is 149 Å². The lowest BCUT2D eigenvalue weighted by Gasteiger charge is -2.39. The van der Waals surface area contributed by atoms with Crippen molar-refractivity contribution in [2.45, 2.75) is 58.4 Å². The van der Waals surface area contributed by atoms with Gasteiger partial charge in [-0.25, -0.2) is 0 Å². The zero-order valence-corrected chi connectivity index (χ0v) is 15.4. The van der Waals surface area contributed by atoms with Crippen LogP contribution in [0, 0.1) is 5.41 Å². The van der Waals surface area contributed by atoms with E-state index in [2.05, 4.69) is 15.0 Å². The summed E-state index contributed by atoms with van der Waals surface area (Å²) >= 11 is 0. The van der Waals surface area contributed by atoms with E-state index in [-0.39, 0.29) is 11.3 Å². The first kappa shape index (κ1) is 18.3. The molecule has 25 heavy (non-hydrogen) atoms. The van der Waals surface area contributed by atoms with Crippen LogP contribution in [-0.2, 0) is 17.8 Å². The summed E-state index contributed by atoms with van der Waals surface area (Å²) < 4.78 is 5.16. The molecule has 1 saturated heterocycles. The highest BCUT2D eigenvalue weighted by Crippen LogP contribution is 2.38. The molecule has 0 atom stereocenters. The van der Waals surface area contributed by atoms with E-state index >= 15 is 0 Å². The molecule has 7 nitrogen and oxygen atoms in total. The Bertz CT molecular complexity index is 560. The SMILES string of the molecule is CCc1nc(CN2CCN(C(=O)CC3(CN)CCCCC3)CC2)no1. The largest absolute Gasteiger partial charge is 0.340 e. The minimum absolute atomic E-state index is 0.0493. The molecule has 2 heterocycles. The number of carbonyl (C=O) groups excluding carboxylic acids is 1. The third-order valence-corrected chi connectivity index (χ3v) is 5.78. The lowest BCUT2D eigenvalue weighted by molar-refractivity contribution is -0.136. The predicted molar refractivity (Wildman–Crippen MR) is 94.7 cm³/mol. The number of nitrogens with zero attached hydrogens (tertiary/aromatic N) is 4. The quantitative estimate of drug-likeness (QED) is 0.839. The highest BCUT2D eigenvalue weighted by molar-refractivity contribution is 5.77. The summed E-state index contributed by atoms with van der Waals surface area (Å²) in [4.78, 5) is 21.4. The van der Waals surface area contributed by atoms with Gasteiger partial charge in [-0.05, 0) is 24.8 Å². The average Bonchev–Trinajstić information content (AvgIpc) is 3.10. The minimum Gasteiger partial charge on any atom is -0.340 e. The fourth-order valence-electron chi connectivity index (χ4n) is 4.04. The lowest BCUT2D eigenvalue weighted by atomic mass is 9.71. The minimum atomic E-state index is 0.0493. The molecule has 1 aromatic heterocycles. The molecule has 1 saturated carbocycles. The van der Waals surface area contributed by atoms with Crippen LogP contribution in [0.25, 0.3) is 0 Å². The second kappa shape index (κ2) is 8.27. The van der Waals surface area contributed by atoms with Gasteiger partial charge in [-0.2, -0.15) is 4.98 Å². The second-order valence-electron chi connectivity index (χ2n) is 7.56. The summed E-state index contributed by atoms with van der Waals surface area (Å²) in [6, 6.07) is 0. The molecule has 1 aliphatic carbocycles. The topological polar surface area (TPSA) is 88.5 Å². The maximum atomic E-state index is 12.7. The van der Waals surface area contributed by atoms with Gasteiger partial charge in [-0.1, -0.05) is 31.3 Å². The zero-order chi connectivity index (χ0) is 17.7. The summed E-state index contributed by atoms with van der Waals surface area (Å²) in [6.07, 6.45) is 7.29. The Kier molecular flexibility index (Phi) is 6.06. The summed E-state index contributed by atoms with van der Waals surface area (Å²) in [6.45, 7) is 6.60. The molecule has 0 aromatic carbocycles. The number of amides is 1. The zero-order valence-electron chi connectivity index (χ0n) is 15.4. The van der Waals surface area contributed by atoms with Crippen molar-refractivity contribution in [2.24, 2.45) is 11.1 Å². The van der Waals surface area contributed by atoms with Gasteiger partial charge in [-0.3, -0.25) is 9.69 Å². The van der Waals surface area contributed by atoms with Gasteiger partial charge in [0.15, 0.2) is 5.82 Å². The third kappa shape index (κ3) is 4.58. The van der Waals surface area contributed by atoms with Crippen LogP contribution in [0.15, 0.2) is 4.52 Å². The van der Waals surface area contributed by atoms with Gasteiger partial charge < -0.3 is 15.2 Å². The molecular weight excluding hydrogens is 318 g/mol. The van der Waals surface area contributed by atoms with Crippen molar-refractivity contribution in [3.05, 3.63) is 11.7 Å². The van der Waals surface area contributed by atoms with Gasteiger partial charge in [0.1, 0.15) is 0 Å². The van der Waals surface area contributed by atoms with Crippen LogP contribution in [0.5, 0.6) is 0 Å². The molecular formula is C18H31N5O2. The molecule has 0 radical (unpaired) electrons. The number of piperazine rings is 1. The standard InChI is InChI=1S/C18H31N5O2/c1-2-16-20-15(21-25-16)13-22-8-10-23(11-9-22)17(24)12-18(14-19)6-4-3-5-7-18/h2-14,19H2,1H3. The Balaban J connectivity index is 1.47. The molecule has 140 valence electrons. The van der Waals surface area contributed by atoms with E-state index in [1.54, 1.807) is 0 Å². The molecule has 2 N–H and O–H groups in total. The van der Waals surface area contributed by atoms with E-state index < -0.39 is 0 Å². The van der Waals surface area contributed by atoms with E-state index in [0.717, 1.165) is 51.3 Å². The highest BCUT2D eigenvalue weighted by Gasteiger charge is 2.35. The molecule has 7 heteroatoms. The van der Waals surface area contributed by atoms with Gasteiger partial charge in [0.05, 0.1) is 6.54 Å². The summed E-state index contributed by atoms with van der Waals surface area (Å²) in [5, 5.41) is 4.01. The average molecular weight is 349 g/mol. The number of nitrogens with two attached hydrogens (primary N) is 1. The number of aromatic nitrogens is 2. The van der Waals surface area contributed by atoms with Crippen LogP contribution >= 0.6 is 0 Å². The Morgan fingerprint density at radius 1 is 1.20 bits per heavy atom. The number of rotatable bonds is 6. The van der Waals surface area contributed by atoms with Crippen molar-refractivity contribution in [2.75, 3.05) is 32.7 Å². The van der Waals surface area contributed by atoms with Gasteiger partial charge >= 0.3 is 0 Å². The van der Waals surface area contributed by atoms with Crippen molar-refractivity contribution in [1.29, 1.82) is 0 Å². The first-order chi connectivity index (χ1) is 12.1. The fourth-order valence-corrected chi connectivity index (χ4v) is 4.04. The van der Waals surface area contributed by atoms with Crippen LogP contribution in [0.2, 0.25) is 0 Å². The number of carbonyl (C=O) groups is 1. The molecule has 1 aromatic rings. The maximum absolute atomic E-state index is 12.7. The normalized spacial score (nSPS) is 21.4. The van der Waals surface area contributed by atoms with Crippen molar-refractivity contribution in [3.63, 3.8) is 0 Å². The summed E-state index contributed by atoms with van der Waals surface area (Å²) in [7, 11) is 0. The summed E-state index contributed by atoms with van der Waals surface area (Å²) in [5.41, 5.74) is 6.09. The van der Waals surface area contributed by atoms with Crippen LogP contribution in [-0.4, -0.2) is 58.6 Å². The van der Waals surface area contributed by atoms with E-state index in [0.29, 0.717) is 25.4 Å². The predicted octanol–water partition coefficient (Wildman–Crippen LogP) is 1.58. The van der Waals surface area contributed by atoms with Gasteiger partial charge in [0.25, 0.3) is 0 Å². The van der Waals surface area contributed by atoms with Gasteiger partial charge in [0.2, 0.25) is 11.8 Å². The van der Waals surface area contributed by atoms with Crippen LogP contribution in [0.3, 0.4) is 0 Å². The monoisotopic (exact) mass is 349 g/mol. The number of aryl methyl sites for hydroxylation is 1. The maximum Gasteiger partial charge on any atom is 0.226 e. The number of hydrogen-bond acceptors (Lipinski definition) is 6. The second-order valence-corrected chi connectivity index (χ2v) is 7.56. The molecule has 3 rings (SSSR count). The van der Waals surface area contributed by atoms with E-state index in [1.807, 2.05) is 11.8 Å². The van der Waals surface area contributed by atoms with Gasteiger partial charge in [-0.15, -0.1) is 0 Å². The molecule has 1 aliphatic heterocycles. The lowest BCUT2D eigenvalue weighted by Crippen LogP contribution is -2.50. The summed E-state index contributed by atoms with van der Waals surface area (Å²) in [5.74, 6) is 1.70. The first-order valence-electron chi connectivity index (χ1n) is 9.66. The third-order valence-electron chi connectivity index (χ3n) is 5.78. The molecule has 2 aliphatic rings. The van der Waals surface area contributed by atoms with Crippen LogP contribution in [0.1, 0.15) is 57.2 Å². The molecule has 0 bridgehead atoms. The van der Waals surface area contributed by atoms with E-state index in [9.17, 15) is 4.79 Å². The smallest absolute Gasteiger partial charge is 0.226 e. The molecule has 1 amide bonds. The van der Waals surface area contributed by atoms with Crippen molar-refractivity contribution < 1.29 is 9.32 Å². The molecule has 2 fully saturated rings. The fraction of sp³-hybridized carbons (Fsp3) is 0.833. The van der Waals surface area contributed by atoms with E-state index in [4.69, 9.17) is 10.3 Å². The van der Waals surface area contributed by atoms with Crippen molar-refractivity contribution in [1.82, 2.24) is 19.9 Å². The number of hydrogen-bond donors (Lipinski definition) is 1. The molecule has 0 spiro atoms. The van der Waals surface area contributed by atoms with Crippen LogP contribution in [0.4, 0.5) is 0 Å². The Hall–Kier alpha value is -1.47. The first-order valence-corrected chi connectivity index (χ1v) is 9.66. The Morgan fingerprint density at radius 3 is 2.52 bits per heavy atom. The van der Waals surface area contributed by atoms with Crippen molar-refractivity contribution in [3.8, 4) is 0 Å². The Morgan fingerprint density at radius 2 is 1.92 bits per heavy atom. The highest BCUT2D eigenvalue weighted by atomic mass is 16.5. The van der Waals surface area contributed by atoms with Gasteiger partial charge in [0, 0.05) is 39.0 Å². The van der Waals surface area contributed by atoms with Crippen LogP contribution < -0.4 is 5.73 Å². The molecule has 0 unspecified atom stereocenters.